The summed E-state index contributed by atoms with van der Waals surface area (Å²) in [6, 6.07) is 35.3. The van der Waals surface area contributed by atoms with Crippen LogP contribution in [0.5, 0.6) is 0 Å². The average molecular weight is 558 g/mol. The highest BCUT2D eigenvalue weighted by atomic mass is 35.5. The Morgan fingerprint density at radius 3 is 2.02 bits per heavy atom. The maximum Gasteiger partial charge on any atom is 0.335 e. The normalized spacial score (nSPS) is 14.4. The van der Waals surface area contributed by atoms with E-state index in [1.165, 1.54) is 0 Å². The number of amides is 4. The van der Waals surface area contributed by atoms with E-state index in [0.717, 1.165) is 38.7 Å². The summed E-state index contributed by atoms with van der Waals surface area (Å²) in [6.07, 6.45) is 1.56. The van der Waals surface area contributed by atoms with Crippen LogP contribution in [0.25, 0.3) is 34.3 Å². The van der Waals surface area contributed by atoms with Gasteiger partial charge < -0.3 is 4.57 Å². The third-order valence-electron chi connectivity index (χ3n) is 6.89. The van der Waals surface area contributed by atoms with Gasteiger partial charge in [0, 0.05) is 16.3 Å². The van der Waals surface area contributed by atoms with Crippen molar-refractivity contribution in [3.63, 3.8) is 0 Å². The molecule has 200 valence electrons. The van der Waals surface area contributed by atoms with E-state index in [2.05, 4.69) is 9.88 Å². The molecule has 0 spiro atoms. The lowest BCUT2D eigenvalue weighted by atomic mass is 10.0. The van der Waals surface area contributed by atoms with Crippen LogP contribution in [0.3, 0.4) is 0 Å². The van der Waals surface area contributed by atoms with E-state index in [1.54, 1.807) is 24.3 Å². The van der Waals surface area contributed by atoms with Gasteiger partial charge in [0.15, 0.2) is 0 Å². The predicted octanol–water partition coefficient (Wildman–Crippen LogP) is 7.44. The Morgan fingerprint density at radius 1 is 0.707 bits per heavy atom. The van der Waals surface area contributed by atoms with Crippen LogP contribution in [0.2, 0.25) is 5.02 Å². The quantitative estimate of drug-likeness (QED) is 0.180. The standard InChI is InChI=1S/C34H24ClN3O3/c1-22-9-8-14-28(19-22)38-33(40)29(32(39)36-34(38)41)20-25-21-30(23-10-4-2-5-11-23)37(27-17-15-26(35)16-18-27)31(25)24-12-6-3-7-13-24/h2-21H,1H3,(H,36,39,41). The minimum absolute atomic E-state index is 0.142. The van der Waals surface area contributed by atoms with E-state index < -0.39 is 17.8 Å². The topological polar surface area (TPSA) is 71.4 Å². The fourth-order valence-corrected chi connectivity index (χ4v) is 5.15. The number of halogens is 1. The lowest BCUT2D eigenvalue weighted by Crippen LogP contribution is -2.54. The molecule has 7 heteroatoms. The van der Waals surface area contributed by atoms with Crippen molar-refractivity contribution in [2.45, 2.75) is 6.92 Å². The number of aryl methyl sites for hydroxylation is 1. The zero-order valence-electron chi connectivity index (χ0n) is 22.0. The largest absolute Gasteiger partial charge is 0.335 e. The number of carbonyl (C=O) groups excluding carboxylic acids is 3. The van der Waals surface area contributed by atoms with Gasteiger partial charge in [0.1, 0.15) is 5.57 Å². The molecule has 1 aromatic heterocycles. The van der Waals surface area contributed by atoms with Gasteiger partial charge in [0.2, 0.25) is 0 Å². The highest BCUT2D eigenvalue weighted by Crippen LogP contribution is 2.38. The number of nitrogens with zero attached hydrogens (tertiary/aromatic N) is 2. The molecule has 0 radical (unpaired) electrons. The first-order valence-corrected chi connectivity index (χ1v) is 13.4. The summed E-state index contributed by atoms with van der Waals surface area (Å²) >= 11 is 6.23. The molecule has 0 bridgehead atoms. The molecule has 4 aromatic carbocycles. The van der Waals surface area contributed by atoms with Gasteiger partial charge >= 0.3 is 6.03 Å². The first-order chi connectivity index (χ1) is 19.9. The number of anilines is 1. The van der Waals surface area contributed by atoms with Crippen molar-refractivity contribution in [3.05, 3.63) is 137 Å². The summed E-state index contributed by atoms with van der Waals surface area (Å²) < 4.78 is 2.09. The second kappa shape index (κ2) is 10.8. The number of carbonyl (C=O) groups is 3. The fraction of sp³-hybridized carbons (Fsp3) is 0.0294. The highest BCUT2D eigenvalue weighted by molar-refractivity contribution is 6.39. The van der Waals surface area contributed by atoms with Crippen LogP contribution < -0.4 is 10.2 Å². The molecule has 0 atom stereocenters. The molecule has 0 aliphatic carbocycles. The van der Waals surface area contributed by atoms with Crippen molar-refractivity contribution < 1.29 is 14.4 Å². The van der Waals surface area contributed by atoms with Gasteiger partial charge in [-0.3, -0.25) is 14.9 Å². The third-order valence-corrected chi connectivity index (χ3v) is 7.15. The van der Waals surface area contributed by atoms with E-state index in [-0.39, 0.29) is 5.57 Å². The molecule has 5 aromatic rings. The number of barbiturate groups is 1. The second-order valence-corrected chi connectivity index (χ2v) is 10.1. The molecule has 4 amide bonds. The molecular weight excluding hydrogens is 534 g/mol. The molecule has 1 saturated heterocycles. The number of benzene rings is 4. The Bertz CT molecular complexity index is 1820. The van der Waals surface area contributed by atoms with Gasteiger partial charge in [-0.2, -0.15) is 0 Å². The molecule has 1 fully saturated rings. The van der Waals surface area contributed by atoms with E-state index in [0.29, 0.717) is 16.3 Å². The number of hydrogen-bond acceptors (Lipinski definition) is 3. The van der Waals surface area contributed by atoms with Crippen molar-refractivity contribution in [1.82, 2.24) is 9.88 Å². The molecule has 0 saturated carbocycles. The van der Waals surface area contributed by atoms with Crippen molar-refractivity contribution in [2.24, 2.45) is 0 Å². The van der Waals surface area contributed by atoms with Gasteiger partial charge in [-0.15, -0.1) is 0 Å². The molecule has 1 N–H and O–H groups in total. The van der Waals surface area contributed by atoms with E-state index in [4.69, 9.17) is 11.6 Å². The van der Waals surface area contributed by atoms with Crippen molar-refractivity contribution in [1.29, 1.82) is 0 Å². The van der Waals surface area contributed by atoms with Crippen LogP contribution in [0, 0.1) is 6.92 Å². The zero-order chi connectivity index (χ0) is 28.5. The summed E-state index contributed by atoms with van der Waals surface area (Å²) in [5, 5.41) is 2.94. The van der Waals surface area contributed by atoms with Gasteiger partial charge in [0.05, 0.1) is 17.1 Å². The van der Waals surface area contributed by atoms with E-state index >= 15 is 0 Å². The smallest absolute Gasteiger partial charge is 0.309 e. The van der Waals surface area contributed by atoms with E-state index in [1.807, 2.05) is 104 Å². The number of aromatic nitrogens is 1. The van der Waals surface area contributed by atoms with Crippen LogP contribution >= 0.6 is 11.6 Å². The Balaban J connectivity index is 1.60. The summed E-state index contributed by atoms with van der Waals surface area (Å²) in [7, 11) is 0. The molecule has 0 unspecified atom stereocenters. The molecule has 1 aliphatic rings. The van der Waals surface area contributed by atoms with Crippen LogP contribution in [0.4, 0.5) is 10.5 Å². The lowest BCUT2D eigenvalue weighted by molar-refractivity contribution is -0.122. The number of hydrogen-bond donors (Lipinski definition) is 1. The lowest BCUT2D eigenvalue weighted by Gasteiger charge is -2.26. The average Bonchev–Trinajstić information content (AvgIpc) is 3.36. The van der Waals surface area contributed by atoms with Gasteiger partial charge in [0.25, 0.3) is 11.8 Å². The fourth-order valence-electron chi connectivity index (χ4n) is 5.03. The minimum Gasteiger partial charge on any atom is -0.309 e. The molecule has 2 heterocycles. The highest BCUT2D eigenvalue weighted by Gasteiger charge is 2.37. The maximum atomic E-state index is 13.7. The molecule has 1 aliphatic heterocycles. The van der Waals surface area contributed by atoms with Crippen molar-refractivity contribution in [2.75, 3.05) is 4.90 Å². The monoisotopic (exact) mass is 557 g/mol. The molecular formula is C34H24ClN3O3. The molecule has 6 rings (SSSR count). The Kier molecular flexibility index (Phi) is 6.83. The second-order valence-electron chi connectivity index (χ2n) is 9.67. The SMILES string of the molecule is Cc1cccc(N2C(=O)NC(=O)C(=Cc3cc(-c4ccccc4)n(-c4ccc(Cl)cc4)c3-c3ccccc3)C2=O)c1. The number of urea groups is 1. The van der Waals surface area contributed by atoms with Crippen molar-refractivity contribution in [3.8, 4) is 28.2 Å². The number of rotatable bonds is 5. The zero-order valence-corrected chi connectivity index (χ0v) is 22.8. The Morgan fingerprint density at radius 2 is 1.37 bits per heavy atom. The van der Waals surface area contributed by atoms with Crippen LogP contribution in [0.1, 0.15) is 11.1 Å². The predicted molar refractivity (Wildman–Crippen MR) is 162 cm³/mol. The first kappa shape index (κ1) is 26.0. The Labute approximate surface area is 242 Å². The van der Waals surface area contributed by atoms with Gasteiger partial charge in [-0.1, -0.05) is 84.4 Å². The van der Waals surface area contributed by atoms with Crippen LogP contribution in [-0.2, 0) is 9.59 Å². The number of imide groups is 2. The molecule has 6 nitrogen and oxygen atoms in total. The van der Waals surface area contributed by atoms with Crippen molar-refractivity contribution >= 4 is 41.2 Å². The minimum atomic E-state index is -0.783. The number of nitrogens with one attached hydrogen (secondary N) is 1. The van der Waals surface area contributed by atoms with Gasteiger partial charge in [-0.05, 0) is 72.2 Å². The summed E-state index contributed by atoms with van der Waals surface area (Å²) in [4.78, 5) is 40.6. The van der Waals surface area contributed by atoms with Crippen LogP contribution in [-0.4, -0.2) is 22.4 Å². The van der Waals surface area contributed by atoms with E-state index in [9.17, 15) is 14.4 Å². The summed E-state index contributed by atoms with van der Waals surface area (Å²) in [5.74, 6) is -1.44. The first-order valence-electron chi connectivity index (χ1n) is 13.0. The van der Waals surface area contributed by atoms with Crippen LogP contribution in [0.15, 0.2) is 121 Å². The maximum absolute atomic E-state index is 13.7. The van der Waals surface area contributed by atoms with Gasteiger partial charge in [-0.25, -0.2) is 9.69 Å². The molecule has 41 heavy (non-hydrogen) atoms. The third kappa shape index (κ3) is 4.97. The summed E-state index contributed by atoms with van der Waals surface area (Å²) in [6.45, 7) is 1.87. The Hall–Kier alpha value is -5.20. The summed E-state index contributed by atoms with van der Waals surface area (Å²) in [5.41, 5.74) is 6.08.